The van der Waals surface area contributed by atoms with Gasteiger partial charge in [-0.15, -0.1) is 11.8 Å². The quantitative estimate of drug-likeness (QED) is 0.0111. The predicted molar refractivity (Wildman–Crippen MR) is 377 cm³/mol. The average molecular weight is 1510 g/mol. The lowest BCUT2D eigenvalue weighted by Gasteiger charge is -2.48. The summed E-state index contributed by atoms with van der Waals surface area (Å²) in [5, 5.41) is 61.6. The number of methoxy groups -OCH3 is 2. The minimum atomic E-state index is -1.62. The Hall–Kier alpha value is -9.11. The summed E-state index contributed by atoms with van der Waals surface area (Å²) in [5.74, 6) is -11.2. The number of phenols is 1. The van der Waals surface area contributed by atoms with Crippen molar-refractivity contribution in [2.75, 3.05) is 60.1 Å². The molecule has 0 spiro atoms. The number of rotatable bonds is 38. The van der Waals surface area contributed by atoms with Crippen LogP contribution in [-0.2, 0) is 78.1 Å². The number of aromatic hydroxyl groups is 3. The highest BCUT2D eigenvalue weighted by Crippen LogP contribution is 2.57. The molecule has 586 valence electrons. The number of carbonyl (C=O) groups is 9. The highest BCUT2D eigenvalue weighted by molar-refractivity contribution is 7.99. The average Bonchev–Trinajstić information content (AvgIpc) is 1.43. The first-order valence-corrected chi connectivity index (χ1v) is 36.3. The fourth-order valence-electron chi connectivity index (χ4n) is 13.3. The number of esters is 2. The van der Waals surface area contributed by atoms with Crippen LogP contribution < -0.4 is 79.5 Å². The van der Waals surface area contributed by atoms with Crippen molar-refractivity contribution in [3.63, 3.8) is 0 Å². The number of hydrogen-bond donors (Lipinski definition) is 15. The third-order valence-electron chi connectivity index (χ3n) is 19.6. The number of fused-ring (bicyclic) bond motifs is 4. The van der Waals surface area contributed by atoms with Crippen molar-refractivity contribution in [2.45, 2.75) is 196 Å². The zero-order valence-corrected chi connectivity index (χ0v) is 61.4. The van der Waals surface area contributed by atoms with Crippen molar-refractivity contribution >= 4 is 71.0 Å². The van der Waals surface area contributed by atoms with Crippen LogP contribution in [0.1, 0.15) is 128 Å². The molecule has 1 aromatic heterocycles. The Kier molecular flexibility index (Phi) is 29.5. The topological polar surface area (TPSA) is 546 Å². The normalized spacial score (nSPS) is 23.5. The summed E-state index contributed by atoms with van der Waals surface area (Å²) < 4.78 is 60.4. The number of aliphatic hydroxyl groups is 1. The molecule has 0 saturated carbocycles. The minimum absolute atomic E-state index is 0.00465. The van der Waals surface area contributed by atoms with Crippen LogP contribution in [-0.4, -0.2) is 218 Å². The van der Waals surface area contributed by atoms with Crippen molar-refractivity contribution in [3.05, 3.63) is 47.0 Å². The summed E-state index contributed by atoms with van der Waals surface area (Å²) in [7, 11) is 4.18. The second-order valence-corrected chi connectivity index (χ2v) is 27.8. The lowest BCUT2D eigenvalue weighted by molar-refractivity contribution is -0.365. The van der Waals surface area contributed by atoms with Crippen LogP contribution in [0.4, 0.5) is 0 Å². The molecule has 0 radical (unpaired) electrons. The van der Waals surface area contributed by atoms with E-state index >= 15 is 0 Å². The zero-order chi connectivity index (χ0) is 77.4. The Morgan fingerprint density at radius 3 is 1.93 bits per heavy atom. The number of unbranched alkanes of at least 4 members (excludes halogenated alkanes) is 1. The molecule has 4 aliphatic heterocycles. The lowest BCUT2D eigenvalue weighted by atomic mass is 9.66. The SMILES string of the molecule is CCC(C)[C@H](NC(=O)[C@H](CCCCN)NC(=O)[C@@H](NC(=O)[C@H](CCC(N)=O)NC(=O)[C@H](CCCN=C(N)N)NC(=O)[C@@H](N)CSc1cc(O)n(CCC(=O)OC2C(O[C@@H]3c4cc5c(cc4[C@@H](c4cc(OC)c(O)c(OC)c4)[C@H]4C(=O)OC[C@@H]43)OCO5)OC3COC(C)OC3C2O)c1O)C(C)CC)C(=O)NC. The van der Waals surface area contributed by atoms with E-state index in [0.717, 1.165) is 22.4 Å². The monoisotopic (exact) mass is 1510 g/mol. The summed E-state index contributed by atoms with van der Waals surface area (Å²) in [5.41, 5.74) is 30.4. The highest BCUT2D eigenvalue weighted by Gasteiger charge is 2.57. The van der Waals surface area contributed by atoms with Crippen LogP contribution in [0.5, 0.6) is 40.5 Å². The molecule has 36 nitrogen and oxygen atoms in total. The Labute approximate surface area is 616 Å². The maximum absolute atomic E-state index is 14.4. The molecule has 18 atom stereocenters. The van der Waals surface area contributed by atoms with Gasteiger partial charge in [0.15, 0.2) is 53.5 Å². The first-order valence-electron chi connectivity index (χ1n) is 35.3. The van der Waals surface area contributed by atoms with E-state index in [1.54, 1.807) is 52.0 Å². The maximum Gasteiger partial charge on any atom is 0.310 e. The van der Waals surface area contributed by atoms with Gasteiger partial charge in [0, 0.05) is 50.2 Å². The van der Waals surface area contributed by atoms with E-state index in [0.29, 0.717) is 60.4 Å². The van der Waals surface area contributed by atoms with Gasteiger partial charge in [-0.2, -0.15) is 0 Å². The van der Waals surface area contributed by atoms with Crippen LogP contribution in [0.2, 0.25) is 0 Å². The number of nitrogens with zero attached hydrogens (tertiary/aromatic N) is 2. The zero-order valence-electron chi connectivity index (χ0n) is 60.5. The smallest absolute Gasteiger partial charge is 0.310 e. The van der Waals surface area contributed by atoms with Gasteiger partial charge in [0.25, 0.3) is 0 Å². The molecule has 3 aromatic rings. The number of thioether (sulfide) groups is 1. The standard InChI is InChI=1S/C69H101N13O23S/c1-9-31(3)53(64(92)75-6)80-62(90)39(14-11-12-19-70)79-65(93)54(32(4)10-2)81-63(91)41(16-17-48(72)83)78-61(89)40(15-13-20-76-69(73)74)77-60(88)38(71)29-106-47-26-49(84)82(66(47)94)21-18-50(85)104-59-56(87)58-46(28-98-33(5)102-58)103-68(59)105-57-36-25-43-42(100-30-101-43)24-35(36)51(52-37(57)27-99-67(52)95)34-22-44(96-7)55(86)45(23-34)97-8/h22-26,31-33,37-41,46,51-54,56-59,68,84,86-87,94H,9-21,27-30,70-71H2,1-8H3,(H2,72,83)(H,75,92)(H,77,88)(H,78,89)(H,79,93)(H,80,90)(H,81,91)(H4,73,74,76)/t31?,32?,33?,37-,38-,39-,40-,41-,46?,51+,52-,53-,54-,56?,57+,58?,59?,68?/m0/s1. The predicted octanol–water partition coefficient (Wildman–Crippen LogP) is -0.678. The molecule has 20 N–H and O–H groups in total. The van der Waals surface area contributed by atoms with Crippen LogP contribution in [0, 0.1) is 23.7 Å². The Balaban J connectivity index is 0.942. The van der Waals surface area contributed by atoms with E-state index in [9.17, 15) is 63.6 Å². The van der Waals surface area contributed by atoms with Crippen LogP contribution in [0.25, 0.3) is 0 Å². The van der Waals surface area contributed by atoms with Gasteiger partial charge in [0.2, 0.25) is 59.8 Å². The van der Waals surface area contributed by atoms with Crippen molar-refractivity contribution in [3.8, 4) is 40.5 Å². The number of primary amides is 1. The van der Waals surface area contributed by atoms with Crippen molar-refractivity contribution in [2.24, 2.45) is 57.3 Å². The number of aliphatic hydroxyl groups excluding tert-OH is 1. The molecule has 37 heteroatoms. The van der Waals surface area contributed by atoms with Crippen LogP contribution in [0.3, 0.4) is 0 Å². The highest BCUT2D eigenvalue weighted by atomic mass is 32.2. The van der Waals surface area contributed by atoms with Gasteiger partial charge in [-0.25, -0.2) is 0 Å². The second-order valence-electron chi connectivity index (χ2n) is 26.7. The van der Waals surface area contributed by atoms with E-state index in [1.165, 1.54) is 21.3 Å². The molecule has 8 rings (SSSR count). The second kappa shape index (κ2) is 37.9. The number of phenolic OH excluding ortho intramolecular Hbond substituents is 1. The Morgan fingerprint density at radius 1 is 0.736 bits per heavy atom. The van der Waals surface area contributed by atoms with Gasteiger partial charge < -0.3 is 128 Å². The van der Waals surface area contributed by atoms with Crippen LogP contribution >= 0.6 is 11.8 Å². The number of amides is 7. The molecule has 0 bridgehead atoms. The fourth-order valence-corrected chi connectivity index (χ4v) is 14.3. The number of hydrogen-bond acceptors (Lipinski definition) is 27. The van der Waals surface area contributed by atoms with E-state index in [-0.39, 0.29) is 92.0 Å². The van der Waals surface area contributed by atoms with Gasteiger partial charge in [0.1, 0.15) is 48.5 Å². The third kappa shape index (κ3) is 20.1. The number of benzene rings is 2. The number of nitrogens with two attached hydrogens (primary N) is 5. The van der Waals surface area contributed by atoms with E-state index < -0.39 is 187 Å². The number of carbonyl (C=O) groups excluding carboxylic acids is 9. The van der Waals surface area contributed by atoms with Crippen molar-refractivity contribution in [1.82, 2.24) is 36.5 Å². The molecule has 8 unspecified atom stereocenters. The first-order chi connectivity index (χ1) is 50.6. The van der Waals surface area contributed by atoms with Crippen LogP contribution in [0.15, 0.2) is 40.2 Å². The number of ether oxygens (including phenoxy) is 10. The molecule has 5 aliphatic rings. The number of cyclic esters (lactones) is 1. The molecule has 3 fully saturated rings. The van der Waals surface area contributed by atoms with Gasteiger partial charge >= 0.3 is 11.9 Å². The van der Waals surface area contributed by atoms with Gasteiger partial charge in [-0.3, -0.25) is 52.7 Å². The van der Waals surface area contributed by atoms with Crippen molar-refractivity contribution in [1.29, 1.82) is 0 Å². The molecule has 2 aromatic carbocycles. The maximum atomic E-state index is 14.4. The molecule has 7 amide bonds. The summed E-state index contributed by atoms with van der Waals surface area (Å²) in [6.45, 7) is 8.28. The molecule has 5 heterocycles. The first kappa shape index (κ1) is 82.5. The summed E-state index contributed by atoms with van der Waals surface area (Å²) >= 11 is 0.824. The molecular formula is C69H101N13O23S. The summed E-state index contributed by atoms with van der Waals surface area (Å²) in [4.78, 5) is 128. The fraction of sp³-hybridized carbons (Fsp3) is 0.623. The number of likely N-dealkylation sites (N-methyl/N-ethyl adjacent to an activating group) is 1. The summed E-state index contributed by atoms with van der Waals surface area (Å²) in [6.07, 6.45) is -8.13. The van der Waals surface area contributed by atoms with Gasteiger partial charge in [-0.1, -0.05) is 40.5 Å². The molecular weight excluding hydrogens is 1410 g/mol. The Bertz CT molecular complexity index is 3630. The Morgan fingerprint density at radius 2 is 1.33 bits per heavy atom. The number of nitrogens with one attached hydrogen (secondary N) is 6. The number of guanidine groups is 1. The van der Waals surface area contributed by atoms with E-state index in [1.807, 2.05) is 6.92 Å². The van der Waals surface area contributed by atoms with E-state index in [4.69, 9.17) is 76.0 Å². The largest absolute Gasteiger partial charge is 0.502 e. The van der Waals surface area contributed by atoms with Gasteiger partial charge in [0.05, 0.1) is 56.8 Å². The number of aromatic nitrogens is 1. The minimum Gasteiger partial charge on any atom is -0.502 e. The number of aliphatic imine (C=N–C) groups is 1. The third-order valence-corrected chi connectivity index (χ3v) is 20.7. The molecule has 1 aliphatic carbocycles. The van der Waals surface area contributed by atoms with E-state index in [2.05, 4.69) is 36.9 Å². The van der Waals surface area contributed by atoms with Gasteiger partial charge in [-0.05, 0) is 105 Å². The lowest BCUT2D eigenvalue weighted by Crippen LogP contribution is -2.64. The molecule has 106 heavy (non-hydrogen) atoms. The summed E-state index contributed by atoms with van der Waals surface area (Å²) in [6, 6.07) is -0.0508. The molecule has 3 saturated heterocycles. The van der Waals surface area contributed by atoms with Crippen molar-refractivity contribution < 1.29 is 111 Å².